The highest BCUT2D eigenvalue weighted by Crippen LogP contribution is 2.23. The number of amides is 1. The maximum Gasteiger partial charge on any atom is 0.220 e. The number of furan rings is 1. The van der Waals surface area contributed by atoms with Gasteiger partial charge in [-0.2, -0.15) is 0 Å². The minimum atomic E-state index is -0.521. The third kappa shape index (κ3) is 4.79. The van der Waals surface area contributed by atoms with Crippen molar-refractivity contribution < 1.29 is 19.1 Å². The lowest BCUT2D eigenvalue weighted by Crippen LogP contribution is -2.30. The molecule has 1 aromatic carbocycles. The molecule has 0 aliphatic rings. The Hall–Kier alpha value is -1.98. The highest BCUT2D eigenvalue weighted by molar-refractivity contribution is 6.32. The number of hydrogen-bond donors (Lipinski definition) is 2. The molecular formula is C16H18ClNO4. The Morgan fingerprint density at radius 3 is 2.82 bits per heavy atom. The molecule has 1 aromatic heterocycles. The van der Waals surface area contributed by atoms with Crippen molar-refractivity contribution in [2.24, 2.45) is 0 Å². The van der Waals surface area contributed by atoms with Gasteiger partial charge in [0.15, 0.2) is 0 Å². The number of benzene rings is 1. The smallest absolute Gasteiger partial charge is 0.220 e. The van der Waals surface area contributed by atoms with E-state index in [9.17, 15) is 9.90 Å². The van der Waals surface area contributed by atoms with Crippen LogP contribution in [0.2, 0.25) is 5.02 Å². The van der Waals surface area contributed by atoms with Crippen LogP contribution in [0.25, 0.3) is 0 Å². The van der Waals surface area contributed by atoms with E-state index in [0.29, 0.717) is 36.0 Å². The second-order valence-electron chi connectivity index (χ2n) is 4.70. The summed E-state index contributed by atoms with van der Waals surface area (Å²) < 4.78 is 10.7. The lowest BCUT2D eigenvalue weighted by Gasteiger charge is -2.14. The number of hydrogen-bond acceptors (Lipinski definition) is 4. The number of carbonyl (C=O) groups excluding carboxylic acids is 1. The molecule has 2 aromatic rings. The largest absolute Gasteiger partial charge is 0.492 e. The molecule has 1 atom stereocenters. The van der Waals surface area contributed by atoms with E-state index in [1.54, 1.807) is 24.3 Å². The molecule has 0 spiro atoms. The van der Waals surface area contributed by atoms with Crippen LogP contribution in [0.15, 0.2) is 47.1 Å². The molecule has 6 heteroatoms. The van der Waals surface area contributed by atoms with E-state index >= 15 is 0 Å². The quantitative estimate of drug-likeness (QED) is 0.733. The van der Waals surface area contributed by atoms with E-state index in [1.807, 2.05) is 12.1 Å². The molecule has 0 saturated carbocycles. The molecule has 0 saturated heterocycles. The Balaban J connectivity index is 1.70. The van der Waals surface area contributed by atoms with E-state index in [4.69, 9.17) is 20.8 Å². The molecular weight excluding hydrogens is 306 g/mol. The van der Waals surface area contributed by atoms with Crippen molar-refractivity contribution in [1.82, 2.24) is 5.32 Å². The SMILES string of the molecule is O=C(CCCOc1ccccc1Cl)NC(CO)c1ccco1. The third-order valence-corrected chi connectivity index (χ3v) is 3.36. The molecule has 1 unspecified atom stereocenters. The van der Waals surface area contributed by atoms with Crippen molar-refractivity contribution in [2.45, 2.75) is 18.9 Å². The van der Waals surface area contributed by atoms with Crippen molar-refractivity contribution in [3.8, 4) is 5.75 Å². The molecule has 0 aliphatic heterocycles. The average Bonchev–Trinajstić information content (AvgIpc) is 3.05. The molecule has 22 heavy (non-hydrogen) atoms. The first kappa shape index (κ1) is 16.4. The van der Waals surface area contributed by atoms with Gasteiger partial charge in [-0.1, -0.05) is 23.7 Å². The molecule has 118 valence electrons. The first-order valence-electron chi connectivity index (χ1n) is 7.01. The van der Waals surface area contributed by atoms with Crippen LogP contribution in [0.1, 0.15) is 24.6 Å². The fraction of sp³-hybridized carbons (Fsp3) is 0.312. The molecule has 5 nitrogen and oxygen atoms in total. The van der Waals surface area contributed by atoms with Crippen LogP contribution < -0.4 is 10.1 Å². The van der Waals surface area contributed by atoms with E-state index in [1.165, 1.54) is 6.26 Å². The summed E-state index contributed by atoms with van der Waals surface area (Å²) in [6.45, 7) is 0.178. The summed E-state index contributed by atoms with van der Waals surface area (Å²) in [7, 11) is 0. The minimum Gasteiger partial charge on any atom is -0.492 e. The summed E-state index contributed by atoms with van der Waals surface area (Å²) in [6.07, 6.45) is 2.34. The maximum atomic E-state index is 11.8. The Morgan fingerprint density at radius 2 is 2.14 bits per heavy atom. The lowest BCUT2D eigenvalue weighted by molar-refractivity contribution is -0.122. The highest BCUT2D eigenvalue weighted by Gasteiger charge is 2.15. The second-order valence-corrected chi connectivity index (χ2v) is 5.11. The fourth-order valence-corrected chi connectivity index (χ4v) is 2.13. The van der Waals surface area contributed by atoms with E-state index in [0.717, 1.165) is 0 Å². The monoisotopic (exact) mass is 323 g/mol. The zero-order chi connectivity index (χ0) is 15.8. The number of nitrogens with one attached hydrogen (secondary N) is 1. The van der Waals surface area contributed by atoms with Crippen LogP contribution in [-0.4, -0.2) is 24.2 Å². The first-order chi connectivity index (χ1) is 10.7. The van der Waals surface area contributed by atoms with Gasteiger partial charge < -0.3 is 19.6 Å². The van der Waals surface area contributed by atoms with Gasteiger partial charge in [-0.3, -0.25) is 4.79 Å². The third-order valence-electron chi connectivity index (χ3n) is 3.05. The van der Waals surface area contributed by atoms with Gasteiger partial charge in [-0.05, 0) is 30.7 Å². The number of aliphatic hydroxyl groups is 1. The first-order valence-corrected chi connectivity index (χ1v) is 7.39. The second kappa shape index (κ2) is 8.46. The van der Waals surface area contributed by atoms with Crippen molar-refractivity contribution in [1.29, 1.82) is 0 Å². The van der Waals surface area contributed by atoms with Gasteiger partial charge in [0.05, 0.1) is 24.5 Å². The van der Waals surface area contributed by atoms with Gasteiger partial charge in [0, 0.05) is 6.42 Å². The van der Waals surface area contributed by atoms with Crippen molar-refractivity contribution in [3.63, 3.8) is 0 Å². The molecule has 2 N–H and O–H groups in total. The van der Waals surface area contributed by atoms with Crippen molar-refractivity contribution >= 4 is 17.5 Å². The molecule has 1 heterocycles. The van der Waals surface area contributed by atoms with Crippen LogP contribution in [0.5, 0.6) is 5.75 Å². The Bertz CT molecular complexity index is 586. The Morgan fingerprint density at radius 1 is 1.32 bits per heavy atom. The van der Waals surface area contributed by atoms with Crippen LogP contribution >= 0.6 is 11.6 Å². The van der Waals surface area contributed by atoms with Gasteiger partial charge in [-0.15, -0.1) is 0 Å². The topological polar surface area (TPSA) is 71.7 Å². The van der Waals surface area contributed by atoms with Gasteiger partial charge in [0.1, 0.15) is 17.6 Å². The van der Waals surface area contributed by atoms with Crippen LogP contribution in [0.4, 0.5) is 0 Å². The van der Waals surface area contributed by atoms with Crippen LogP contribution in [0.3, 0.4) is 0 Å². The van der Waals surface area contributed by atoms with Gasteiger partial charge in [-0.25, -0.2) is 0 Å². The normalized spacial score (nSPS) is 11.9. The summed E-state index contributed by atoms with van der Waals surface area (Å²) in [6, 6.07) is 10.1. The number of ether oxygens (including phenoxy) is 1. The Kier molecular flexibility index (Phi) is 6.30. The Labute approximate surface area is 133 Å². The molecule has 0 bridgehead atoms. The van der Waals surface area contributed by atoms with E-state index in [2.05, 4.69) is 5.32 Å². The average molecular weight is 324 g/mol. The van der Waals surface area contributed by atoms with Crippen molar-refractivity contribution in [2.75, 3.05) is 13.2 Å². The summed E-state index contributed by atoms with van der Waals surface area (Å²) in [4.78, 5) is 11.8. The number of aliphatic hydroxyl groups excluding tert-OH is 1. The zero-order valence-corrected chi connectivity index (χ0v) is 12.8. The van der Waals surface area contributed by atoms with Crippen molar-refractivity contribution in [3.05, 3.63) is 53.4 Å². The summed E-state index contributed by atoms with van der Waals surface area (Å²) in [5.74, 6) is 0.967. The number of halogens is 1. The number of rotatable bonds is 8. The molecule has 0 fully saturated rings. The van der Waals surface area contributed by atoms with Crippen LogP contribution in [0, 0.1) is 0 Å². The van der Waals surface area contributed by atoms with E-state index in [-0.39, 0.29) is 12.5 Å². The standard InChI is InChI=1S/C16H18ClNO4/c17-12-5-1-2-6-14(12)21-10-4-8-16(20)18-13(11-19)15-7-3-9-22-15/h1-3,5-7,9,13,19H,4,8,10-11H2,(H,18,20). The summed E-state index contributed by atoms with van der Waals surface area (Å²) in [5, 5.41) is 12.5. The number of carbonyl (C=O) groups is 1. The number of para-hydroxylation sites is 1. The van der Waals surface area contributed by atoms with Gasteiger partial charge in [0.2, 0.25) is 5.91 Å². The summed E-state index contributed by atoms with van der Waals surface area (Å²) in [5.41, 5.74) is 0. The van der Waals surface area contributed by atoms with Gasteiger partial charge in [0.25, 0.3) is 0 Å². The van der Waals surface area contributed by atoms with E-state index < -0.39 is 6.04 Å². The molecule has 0 radical (unpaired) electrons. The summed E-state index contributed by atoms with van der Waals surface area (Å²) >= 11 is 5.97. The minimum absolute atomic E-state index is 0.168. The molecule has 2 rings (SSSR count). The molecule has 1 amide bonds. The van der Waals surface area contributed by atoms with Gasteiger partial charge >= 0.3 is 0 Å². The zero-order valence-electron chi connectivity index (χ0n) is 12.0. The predicted octanol–water partition coefficient (Wildman–Crippen LogP) is 2.94. The predicted molar refractivity (Wildman–Crippen MR) is 82.9 cm³/mol. The fourth-order valence-electron chi connectivity index (χ4n) is 1.94. The van der Waals surface area contributed by atoms with Crippen LogP contribution in [-0.2, 0) is 4.79 Å². The maximum absolute atomic E-state index is 11.8. The highest BCUT2D eigenvalue weighted by atomic mass is 35.5. The lowest BCUT2D eigenvalue weighted by atomic mass is 10.2. The molecule has 0 aliphatic carbocycles.